The summed E-state index contributed by atoms with van der Waals surface area (Å²) in [5.74, 6) is -6.35. The van der Waals surface area contributed by atoms with Gasteiger partial charge in [0, 0.05) is 0 Å². The Labute approximate surface area is 101 Å². The molecule has 19 heavy (non-hydrogen) atoms. The number of H-pyrrole nitrogens is 2. The second kappa shape index (κ2) is 4.03. The molecule has 0 aromatic carbocycles. The lowest BCUT2D eigenvalue weighted by Gasteiger charge is -2.07. The predicted octanol–water partition coefficient (Wildman–Crippen LogP) is -2.08. The molecule has 0 amide bonds. The van der Waals surface area contributed by atoms with Crippen molar-refractivity contribution < 1.29 is 20.1 Å². The maximum atomic E-state index is 10.4. The number of aromatic amines is 2. The van der Waals surface area contributed by atoms with E-state index in [9.17, 15) is 30.4 Å². The van der Waals surface area contributed by atoms with Crippen molar-refractivity contribution in [3.8, 4) is 0 Å². The molecule has 100 valence electrons. The van der Waals surface area contributed by atoms with Gasteiger partial charge in [-0.25, -0.2) is 0 Å². The predicted molar refractivity (Wildman–Crippen MR) is 51.3 cm³/mol. The van der Waals surface area contributed by atoms with Gasteiger partial charge in [-0.15, -0.1) is 10.2 Å². The molecule has 2 rings (SSSR count). The van der Waals surface area contributed by atoms with Gasteiger partial charge in [-0.05, 0) is 19.8 Å². The van der Waals surface area contributed by atoms with Crippen molar-refractivity contribution in [2.24, 2.45) is 0 Å². The first-order valence-corrected chi connectivity index (χ1v) is 4.41. The first-order chi connectivity index (χ1) is 8.82. The Morgan fingerprint density at radius 2 is 1.32 bits per heavy atom. The zero-order valence-electron chi connectivity index (χ0n) is 8.71. The number of hydrogen-bond donors (Lipinski definition) is 4. The van der Waals surface area contributed by atoms with Gasteiger partial charge in [-0.3, -0.25) is 0 Å². The smallest absolute Gasteiger partial charge is 0.390 e. The molecule has 2 aromatic rings. The number of aromatic nitrogens is 6. The van der Waals surface area contributed by atoms with Crippen LogP contribution in [0.3, 0.4) is 0 Å². The van der Waals surface area contributed by atoms with Crippen molar-refractivity contribution in [2.45, 2.75) is 5.79 Å². The summed E-state index contributed by atoms with van der Waals surface area (Å²) in [6, 6.07) is 0. The molecule has 0 bridgehead atoms. The number of nitrogens with zero attached hydrogens (tertiary/aromatic N) is 6. The molecule has 0 saturated heterocycles. The highest BCUT2D eigenvalue weighted by molar-refractivity contribution is 5.16. The van der Waals surface area contributed by atoms with Crippen LogP contribution in [0.5, 0.6) is 0 Å². The molecule has 0 aliphatic rings. The normalized spacial score (nSPS) is 11.5. The number of nitrogens with one attached hydrogen (secondary N) is 2. The molecule has 4 N–H and O–H groups in total. The lowest BCUT2D eigenvalue weighted by molar-refractivity contribution is -0.394. The minimum atomic E-state index is -3.02. The lowest BCUT2D eigenvalue weighted by Crippen LogP contribution is -2.29. The molecule has 0 unspecified atom stereocenters. The Kier molecular flexibility index (Phi) is 2.64. The van der Waals surface area contributed by atoms with Gasteiger partial charge in [0.25, 0.3) is 0 Å². The third-order valence-corrected chi connectivity index (χ3v) is 1.92. The molecule has 2 heterocycles. The summed E-state index contributed by atoms with van der Waals surface area (Å²) in [4.78, 5) is 25.2. The summed E-state index contributed by atoms with van der Waals surface area (Å²) < 4.78 is 0. The van der Waals surface area contributed by atoms with Crippen molar-refractivity contribution in [3.05, 3.63) is 31.9 Å². The molecule has 0 aliphatic carbocycles. The summed E-state index contributed by atoms with van der Waals surface area (Å²) in [7, 11) is 0. The van der Waals surface area contributed by atoms with E-state index in [4.69, 9.17) is 0 Å². The molecule has 14 heteroatoms. The van der Waals surface area contributed by atoms with Crippen molar-refractivity contribution in [1.29, 1.82) is 0 Å². The van der Waals surface area contributed by atoms with Gasteiger partial charge in [0.2, 0.25) is 0 Å². The molecule has 0 radical (unpaired) electrons. The van der Waals surface area contributed by atoms with Gasteiger partial charge in [-0.1, -0.05) is 10.2 Å². The van der Waals surface area contributed by atoms with Crippen molar-refractivity contribution in [1.82, 2.24) is 30.4 Å². The van der Waals surface area contributed by atoms with Crippen LogP contribution in [0, 0.1) is 20.2 Å². The van der Waals surface area contributed by atoms with Crippen LogP contribution in [0.1, 0.15) is 11.6 Å². The second-order valence-corrected chi connectivity index (χ2v) is 3.15. The van der Waals surface area contributed by atoms with Gasteiger partial charge >= 0.3 is 29.3 Å². The van der Waals surface area contributed by atoms with Crippen molar-refractivity contribution in [3.63, 3.8) is 0 Å². The first-order valence-electron chi connectivity index (χ1n) is 4.41. The van der Waals surface area contributed by atoms with Gasteiger partial charge in [0.15, 0.2) is 0 Å². The Balaban J connectivity index is 2.39. The minimum absolute atomic E-state index is 0.826. The fraction of sp³-hybridized carbons (Fsp3) is 0.200. The Bertz CT molecular complexity index is 589. The zero-order valence-corrected chi connectivity index (χ0v) is 8.71. The molecule has 2 aromatic heterocycles. The lowest BCUT2D eigenvalue weighted by atomic mass is 10.2. The Hall–Kier alpha value is -3.00. The van der Waals surface area contributed by atoms with Gasteiger partial charge in [-0.2, -0.15) is 0 Å². The molecule has 0 spiro atoms. The van der Waals surface area contributed by atoms with E-state index in [0.29, 0.717) is 0 Å². The monoisotopic (exact) mass is 272 g/mol. The highest BCUT2D eigenvalue weighted by Gasteiger charge is 2.45. The minimum Gasteiger partial charge on any atom is -0.390 e. The van der Waals surface area contributed by atoms with Crippen LogP contribution in [-0.2, 0) is 5.79 Å². The van der Waals surface area contributed by atoms with E-state index in [0.717, 1.165) is 0 Å². The number of rotatable bonds is 4. The van der Waals surface area contributed by atoms with E-state index < -0.39 is 39.2 Å². The number of nitro groups is 2. The van der Waals surface area contributed by atoms with Crippen LogP contribution in [0.4, 0.5) is 11.9 Å². The van der Waals surface area contributed by atoms with E-state index in [1.54, 1.807) is 0 Å². The van der Waals surface area contributed by atoms with Crippen LogP contribution in [0.2, 0.25) is 0 Å². The summed E-state index contributed by atoms with van der Waals surface area (Å²) in [6.45, 7) is 0. The number of aliphatic hydroxyl groups is 2. The fourth-order valence-corrected chi connectivity index (χ4v) is 1.08. The fourth-order valence-electron chi connectivity index (χ4n) is 1.08. The van der Waals surface area contributed by atoms with E-state index in [-0.39, 0.29) is 0 Å². The van der Waals surface area contributed by atoms with Gasteiger partial charge in [0.1, 0.15) is 0 Å². The third kappa shape index (κ3) is 2.07. The zero-order chi connectivity index (χ0) is 14.2. The Morgan fingerprint density at radius 3 is 1.58 bits per heavy atom. The maximum Gasteiger partial charge on any atom is 0.453 e. The van der Waals surface area contributed by atoms with Crippen LogP contribution >= 0.6 is 0 Å². The molecule has 0 aliphatic heterocycles. The molecular formula is C5H4N8O6. The van der Waals surface area contributed by atoms with E-state index in [2.05, 4.69) is 20.2 Å². The standard InChI is InChI=1S/C5H4N8O6/c14-5(15,1-6-3(10-8-1)12(16)17)2-7-4(11-9-2)13(18)19/h14-15H,(H,6,8,10)(H,7,9,11). The quantitative estimate of drug-likeness (QED) is 0.271. The van der Waals surface area contributed by atoms with Crippen LogP contribution < -0.4 is 0 Å². The molecule has 14 nitrogen and oxygen atoms in total. The first kappa shape index (κ1) is 12.5. The van der Waals surface area contributed by atoms with Crippen LogP contribution in [0.25, 0.3) is 0 Å². The summed E-state index contributed by atoms with van der Waals surface area (Å²) in [5.41, 5.74) is 0. The third-order valence-electron chi connectivity index (χ3n) is 1.92. The van der Waals surface area contributed by atoms with Crippen molar-refractivity contribution >= 4 is 11.9 Å². The van der Waals surface area contributed by atoms with E-state index in [1.807, 2.05) is 10.2 Å². The average molecular weight is 272 g/mol. The summed E-state index contributed by atoms with van der Waals surface area (Å²) >= 11 is 0. The molecule has 0 fully saturated rings. The second-order valence-electron chi connectivity index (χ2n) is 3.15. The average Bonchev–Trinajstić information content (AvgIpc) is 2.99. The van der Waals surface area contributed by atoms with E-state index >= 15 is 0 Å². The molecule has 0 atom stereocenters. The largest absolute Gasteiger partial charge is 0.453 e. The molecule has 0 saturated carbocycles. The van der Waals surface area contributed by atoms with Gasteiger partial charge < -0.3 is 30.4 Å². The maximum absolute atomic E-state index is 10.4. The molecular weight excluding hydrogens is 268 g/mol. The highest BCUT2D eigenvalue weighted by Crippen LogP contribution is 2.22. The van der Waals surface area contributed by atoms with Gasteiger partial charge in [0.05, 0.1) is 0 Å². The van der Waals surface area contributed by atoms with E-state index in [1.165, 1.54) is 0 Å². The SMILES string of the molecule is O=[N+]([O-])c1nc(C(O)(O)c2n[nH]c([N+](=O)[O-])n2)n[nH]1. The van der Waals surface area contributed by atoms with Crippen LogP contribution in [0.15, 0.2) is 0 Å². The topological polar surface area (TPSA) is 210 Å². The summed E-state index contributed by atoms with van der Waals surface area (Å²) in [5, 5.41) is 50.1. The van der Waals surface area contributed by atoms with Crippen LogP contribution in [-0.4, -0.2) is 50.4 Å². The highest BCUT2D eigenvalue weighted by atomic mass is 16.6. The summed E-state index contributed by atoms with van der Waals surface area (Å²) in [6.07, 6.45) is 0. The number of hydrogen-bond acceptors (Lipinski definition) is 10. The van der Waals surface area contributed by atoms with Crippen molar-refractivity contribution in [2.75, 3.05) is 0 Å². The Morgan fingerprint density at radius 1 is 0.947 bits per heavy atom.